The number of hydrogen-bond acceptors (Lipinski definition) is 7. The average molecular weight is 471 g/mol. The summed E-state index contributed by atoms with van der Waals surface area (Å²) in [7, 11) is 0. The van der Waals surface area contributed by atoms with E-state index in [0.29, 0.717) is 28.9 Å². The van der Waals surface area contributed by atoms with Gasteiger partial charge in [0.25, 0.3) is 0 Å². The summed E-state index contributed by atoms with van der Waals surface area (Å²) in [5.74, 6) is -0.310. The standard InChI is InChI=1S/C24H30N4O4S/c1-5-32-21(31)14-6-8-16(9-7-14)25-19(29)13-17-20(30)26-22(33-17)28-27-18-12-15-10-11-24(18,4)23(15,2)3/h6-9,15,17H,5,10-13H2,1-4H3,(H,25,29)(H,26,28,30)/b27-18+/t15-,17-,24-/m1/s1. The van der Waals surface area contributed by atoms with Gasteiger partial charge in [0.1, 0.15) is 5.25 Å². The summed E-state index contributed by atoms with van der Waals surface area (Å²) in [4.78, 5) is 36.5. The molecule has 2 N–H and O–H groups in total. The molecule has 0 unspecified atom stereocenters. The zero-order valence-electron chi connectivity index (χ0n) is 19.4. The summed E-state index contributed by atoms with van der Waals surface area (Å²) in [5, 5.41) is 14.2. The lowest BCUT2D eigenvalue weighted by molar-refractivity contribution is -0.122. The molecule has 2 amide bonds. The number of nitrogens with one attached hydrogen (secondary N) is 2. The topological polar surface area (TPSA) is 109 Å². The van der Waals surface area contributed by atoms with Crippen molar-refractivity contribution in [2.75, 3.05) is 11.9 Å². The maximum atomic E-state index is 12.4. The summed E-state index contributed by atoms with van der Waals surface area (Å²) in [6.45, 7) is 8.93. The number of ether oxygens (including phenoxy) is 1. The first kappa shape index (κ1) is 23.5. The molecule has 4 rings (SSSR count). The van der Waals surface area contributed by atoms with Crippen molar-refractivity contribution < 1.29 is 19.1 Å². The van der Waals surface area contributed by atoms with Crippen molar-refractivity contribution in [2.24, 2.45) is 27.0 Å². The first-order chi connectivity index (χ1) is 15.6. The molecule has 3 atom stereocenters. The summed E-state index contributed by atoms with van der Waals surface area (Å²) < 4.78 is 4.95. The molecule has 9 heteroatoms. The van der Waals surface area contributed by atoms with E-state index in [0.717, 1.165) is 18.6 Å². The lowest BCUT2D eigenvalue weighted by atomic mass is 9.70. The van der Waals surface area contributed by atoms with E-state index in [-0.39, 0.29) is 29.1 Å². The van der Waals surface area contributed by atoms with Crippen LogP contribution in [0.2, 0.25) is 0 Å². The molecule has 0 radical (unpaired) electrons. The van der Waals surface area contributed by atoms with Crippen molar-refractivity contribution in [3.63, 3.8) is 0 Å². The van der Waals surface area contributed by atoms with Crippen LogP contribution in [0, 0.1) is 16.7 Å². The smallest absolute Gasteiger partial charge is 0.338 e. The molecule has 0 aromatic heterocycles. The van der Waals surface area contributed by atoms with Gasteiger partial charge < -0.3 is 15.4 Å². The highest BCUT2D eigenvalue weighted by molar-refractivity contribution is 8.15. The van der Waals surface area contributed by atoms with Crippen molar-refractivity contribution >= 4 is 46.1 Å². The van der Waals surface area contributed by atoms with Crippen molar-refractivity contribution in [3.8, 4) is 0 Å². The fourth-order valence-electron chi connectivity index (χ4n) is 5.06. The van der Waals surface area contributed by atoms with Crippen LogP contribution in [0.15, 0.2) is 34.5 Å². The second-order valence-corrected chi connectivity index (χ2v) is 10.8. The number of carbonyl (C=O) groups is 3. The molecule has 3 fully saturated rings. The van der Waals surface area contributed by atoms with Crippen LogP contribution < -0.4 is 10.6 Å². The largest absolute Gasteiger partial charge is 0.462 e. The van der Waals surface area contributed by atoms with Crippen LogP contribution in [-0.2, 0) is 14.3 Å². The number of carbonyl (C=O) groups excluding carboxylic acids is 3. The van der Waals surface area contributed by atoms with Crippen molar-refractivity contribution in [1.29, 1.82) is 0 Å². The Morgan fingerprint density at radius 2 is 1.94 bits per heavy atom. The van der Waals surface area contributed by atoms with Gasteiger partial charge >= 0.3 is 5.97 Å². The molecule has 3 aliphatic rings. The minimum Gasteiger partial charge on any atom is -0.462 e. The predicted molar refractivity (Wildman–Crippen MR) is 129 cm³/mol. The maximum absolute atomic E-state index is 12.4. The zero-order chi connectivity index (χ0) is 23.8. The van der Waals surface area contributed by atoms with E-state index in [1.54, 1.807) is 31.2 Å². The number of amides is 2. The Hall–Kier alpha value is -2.68. The number of esters is 1. The molecule has 2 saturated carbocycles. The Morgan fingerprint density at radius 3 is 2.55 bits per heavy atom. The number of anilines is 1. The van der Waals surface area contributed by atoms with Crippen LogP contribution in [-0.4, -0.2) is 40.5 Å². The minimum atomic E-state index is -0.560. The van der Waals surface area contributed by atoms with E-state index in [1.807, 2.05) is 0 Å². The Balaban J connectivity index is 1.33. The third kappa shape index (κ3) is 4.43. The fourth-order valence-corrected chi connectivity index (χ4v) is 5.97. The van der Waals surface area contributed by atoms with E-state index in [1.165, 1.54) is 18.2 Å². The molecular formula is C24H30N4O4S. The molecule has 33 heavy (non-hydrogen) atoms. The SMILES string of the molecule is CCOC(=O)c1ccc(NC(=O)C[C@H]2S/C(=N\N=C3/C[C@H]4CC[C@@]3(C)C4(C)C)NC2=O)cc1. The van der Waals surface area contributed by atoms with Gasteiger partial charge in [-0.2, -0.15) is 5.10 Å². The molecule has 1 aromatic carbocycles. The van der Waals surface area contributed by atoms with E-state index < -0.39 is 11.2 Å². The second kappa shape index (κ2) is 8.93. The van der Waals surface area contributed by atoms with Gasteiger partial charge in [0.15, 0.2) is 5.17 Å². The Bertz CT molecular complexity index is 1030. The van der Waals surface area contributed by atoms with Crippen LogP contribution in [0.3, 0.4) is 0 Å². The van der Waals surface area contributed by atoms with Crippen LogP contribution in [0.5, 0.6) is 0 Å². The quantitative estimate of drug-likeness (QED) is 0.483. The number of nitrogens with zero attached hydrogens (tertiary/aromatic N) is 2. The van der Waals surface area contributed by atoms with Gasteiger partial charge in [0.2, 0.25) is 11.8 Å². The summed E-state index contributed by atoms with van der Waals surface area (Å²) in [5.41, 5.74) is 2.34. The third-order valence-corrected chi connectivity index (χ3v) is 8.67. The summed E-state index contributed by atoms with van der Waals surface area (Å²) >= 11 is 1.23. The predicted octanol–water partition coefficient (Wildman–Crippen LogP) is 3.98. The molecule has 2 aliphatic carbocycles. The molecule has 1 aliphatic heterocycles. The second-order valence-electron chi connectivity index (χ2n) is 9.59. The number of thioether (sulfide) groups is 1. The monoisotopic (exact) mass is 470 g/mol. The van der Waals surface area contributed by atoms with Crippen molar-refractivity contribution in [2.45, 2.75) is 58.6 Å². The molecular weight excluding hydrogens is 440 g/mol. The van der Waals surface area contributed by atoms with Crippen LogP contribution in [0.25, 0.3) is 0 Å². The number of amidine groups is 1. The van der Waals surface area contributed by atoms with Crippen LogP contribution in [0.4, 0.5) is 5.69 Å². The van der Waals surface area contributed by atoms with Gasteiger partial charge in [-0.15, -0.1) is 5.10 Å². The first-order valence-electron chi connectivity index (χ1n) is 11.3. The molecule has 8 nitrogen and oxygen atoms in total. The highest BCUT2D eigenvalue weighted by Crippen LogP contribution is 2.64. The number of rotatable bonds is 6. The lowest BCUT2D eigenvalue weighted by Crippen LogP contribution is -2.32. The van der Waals surface area contributed by atoms with Gasteiger partial charge in [-0.25, -0.2) is 4.79 Å². The molecule has 2 bridgehead atoms. The first-order valence-corrected chi connectivity index (χ1v) is 12.2. The zero-order valence-corrected chi connectivity index (χ0v) is 20.3. The fraction of sp³-hybridized carbons (Fsp3) is 0.542. The number of hydrogen-bond donors (Lipinski definition) is 2. The number of benzene rings is 1. The van der Waals surface area contributed by atoms with E-state index >= 15 is 0 Å². The molecule has 0 spiro atoms. The minimum absolute atomic E-state index is 0.0124. The van der Waals surface area contributed by atoms with Crippen molar-refractivity contribution in [1.82, 2.24) is 5.32 Å². The third-order valence-electron chi connectivity index (χ3n) is 7.60. The average Bonchev–Trinajstić information content (AvgIpc) is 3.29. The van der Waals surface area contributed by atoms with Crippen LogP contribution >= 0.6 is 11.8 Å². The Kier molecular flexibility index (Phi) is 6.35. The molecule has 1 heterocycles. The maximum Gasteiger partial charge on any atom is 0.338 e. The normalized spacial score (nSPS) is 30.0. The molecule has 1 saturated heterocycles. The highest BCUT2D eigenvalue weighted by atomic mass is 32.2. The Labute approximate surface area is 198 Å². The highest BCUT2D eigenvalue weighted by Gasteiger charge is 2.60. The number of fused-ring (bicyclic) bond motifs is 2. The molecule has 1 aromatic rings. The molecule has 176 valence electrons. The van der Waals surface area contributed by atoms with Crippen LogP contribution in [0.1, 0.15) is 63.7 Å². The van der Waals surface area contributed by atoms with E-state index in [9.17, 15) is 14.4 Å². The van der Waals surface area contributed by atoms with Gasteiger partial charge in [-0.1, -0.05) is 32.5 Å². The summed E-state index contributed by atoms with van der Waals surface area (Å²) in [6, 6.07) is 6.44. The van der Waals surface area contributed by atoms with Gasteiger partial charge in [0, 0.05) is 23.2 Å². The summed E-state index contributed by atoms with van der Waals surface area (Å²) in [6.07, 6.45) is 3.32. The Morgan fingerprint density at radius 1 is 1.21 bits per heavy atom. The van der Waals surface area contributed by atoms with Gasteiger partial charge in [-0.3, -0.25) is 9.59 Å². The van der Waals surface area contributed by atoms with E-state index in [2.05, 4.69) is 41.6 Å². The van der Waals surface area contributed by atoms with Crippen molar-refractivity contribution in [3.05, 3.63) is 29.8 Å². The lowest BCUT2D eigenvalue weighted by Gasteiger charge is -2.34. The van der Waals surface area contributed by atoms with E-state index in [4.69, 9.17) is 4.74 Å². The van der Waals surface area contributed by atoms with Gasteiger partial charge in [-0.05, 0) is 61.8 Å². The van der Waals surface area contributed by atoms with Gasteiger partial charge in [0.05, 0.1) is 12.2 Å².